The molecule has 1 saturated carbocycles. The van der Waals surface area contributed by atoms with Crippen LogP contribution in [0.5, 0.6) is 0 Å². The average Bonchev–Trinajstić information content (AvgIpc) is 2.73. The molecule has 1 aliphatic rings. The molecule has 0 aromatic heterocycles. The normalized spacial score (nSPS) is 16.6. The number of nitrogens with two attached hydrogens (primary N) is 1. The minimum Gasteiger partial charge on any atom is -0.384 e. The van der Waals surface area contributed by atoms with Crippen molar-refractivity contribution in [1.29, 1.82) is 5.41 Å². The zero-order valence-electron chi connectivity index (χ0n) is 9.00. The summed E-state index contributed by atoms with van der Waals surface area (Å²) < 4.78 is 13.1. The van der Waals surface area contributed by atoms with Gasteiger partial charge in [-0.1, -0.05) is 12.8 Å². The fraction of sp³-hybridized carbons (Fsp3) is 0.417. The highest BCUT2D eigenvalue weighted by molar-refractivity contribution is 8.00. The smallest absolute Gasteiger partial charge is 0.124 e. The van der Waals surface area contributed by atoms with E-state index in [1.165, 1.54) is 37.8 Å². The van der Waals surface area contributed by atoms with Crippen LogP contribution in [0.1, 0.15) is 31.2 Å². The van der Waals surface area contributed by atoms with Crippen LogP contribution in [0, 0.1) is 11.2 Å². The summed E-state index contributed by atoms with van der Waals surface area (Å²) in [7, 11) is 0. The van der Waals surface area contributed by atoms with Gasteiger partial charge in [-0.15, -0.1) is 11.8 Å². The van der Waals surface area contributed by atoms with E-state index >= 15 is 0 Å². The maximum atomic E-state index is 13.1. The lowest BCUT2D eigenvalue weighted by molar-refractivity contribution is 0.626. The monoisotopic (exact) mass is 238 g/mol. The summed E-state index contributed by atoms with van der Waals surface area (Å²) in [6.45, 7) is 0. The van der Waals surface area contributed by atoms with E-state index in [4.69, 9.17) is 11.1 Å². The van der Waals surface area contributed by atoms with E-state index in [9.17, 15) is 4.39 Å². The van der Waals surface area contributed by atoms with Gasteiger partial charge >= 0.3 is 0 Å². The van der Waals surface area contributed by atoms with Crippen LogP contribution in [-0.4, -0.2) is 11.1 Å². The summed E-state index contributed by atoms with van der Waals surface area (Å²) in [4.78, 5) is 0.931. The predicted octanol–water partition coefficient (Wildman–Crippen LogP) is 3.14. The fourth-order valence-corrected chi connectivity index (χ4v) is 3.37. The quantitative estimate of drug-likeness (QED) is 0.628. The van der Waals surface area contributed by atoms with Crippen molar-refractivity contribution in [2.75, 3.05) is 0 Å². The lowest BCUT2D eigenvalue weighted by Crippen LogP contribution is -2.13. The molecule has 2 nitrogen and oxygen atoms in total. The maximum absolute atomic E-state index is 13.1. The largest absolute Gasteiger partial charge is 0.384 e. The predicted molar refractivity (Wildman–Crippen MR) is 65.5 cm³/mol. The van der Waals surface area contributed by atoms with Crippen molar-refractivity contribution in [1.82, 2.24) is 0 Å². The maximum Gasteiger partial charge on any atom is 0.124 e. The van der Waals surface area contributed by atoms with Crippen LogP contribution >= 0.6 is 11.8 Å². The number of halogens is 1. The summed E-state index contributed by atoms with van der Waals surface area (Å²) in [5.74, 6) is -0.388. The first-order valence-electron chi connectivity index (χ1n) is 5.47. The number of amidine groups is 1. The Labute approximate surface area is 98.9 Å². The number of nitrogens with one attached hydrogen (secondary N) is 1. The van der Waals surface area contributed by atoms with E-state index < -0.39 is 0 Å². The van der Waals surface area contributed by atoms with E-state index in [1.807, 2.05) is 0 Å². The lowest BCUT2D eigenvalue weighted by atomic mass is 10.2. The second-order valence-electron chi connectivity index (χ2n) is 4.08. The first kappa shape index (κ1) is 11.5. The minimum absolute atomic E-state index is 0.0556. The van der Waals surface area contributed by atoms with Crippen molar-refractivity contribution in [3.63, 3.8) is 0 Å². The van der Waals surface area contributed by atoms with Gasteiger partial charge in [-0.3, -0.25) is 5.41 Å². The van der Waals surface area contributed by atoms with Crippen molar-refractivity contribution in [2.45, 2.75) is 35.8 Å². The molecule has 0 saturated heterocycles. The van der Waals surface area contributed by atoms with Gasteiger partial charge in [0, 0.05) is 15.7 Å². The van der Waals surface area contributed by atoms with Gasteiger partial charge < -0.3 is 5.73 Å². The molecule has 0 atom stereocenters. The van der Waals surface area contributed by atoms with E-state index in [2.05, 4.69) is 0 Å². The molecule has 0 aliphatic heterocycles. The van der Waals surface area contributed by atoms with Gasteiger partial charge in [0.25, 0.3) is 0 Å². The van der Waals surface area contributed by atoms with Gasteiger partial charge in [-0.05, 0) is 31.0 Å². The van der Waals surface area contributed by atoms with Gasteiger partial charge in [0.1, 0.15) is 11.7 Å². The minimum atomic E-state index is -0.332. The first-order chi connectivity index (χ1) is 7.66. The molecular formula is C12H15FN2S. The molecule has 0 radical (unpaired) electrons. The summed E-state index contributed by atoms with van der Waals surface area (Å²) in [6, 6.07) is 4.51. The van der Waals surface area contributed by atoms with E-state index in [0.717, 1.165) is 4.90 Å². The van der Waals surface area contributed by atoms with Gasteiger partial charge in [-0.25, -0.2) is 4.39 Å². The Morgan fingerprint density at radius 3 is 2.69 bits per heavy atom. The van der Waals surface area contributed by atoms with Gasteiger partial charge in [0.05, 0.1) is 0 Å². The molecule has 0 bridgehead atoms. The Bertz CT molecular complexity index is 400. The number of rotatable bonds is 3. The van der Waals surface area contributed by atoms with E-state index in [0.29, 0.717) is 10.8 Å². The van der Waals surface area contributed by atoms with Gasteiger partial charge in [0.15, 0.2) is 0 Å². The van der Waals surface area contributed by atoms with Crippen LogP contribution in [0.4, 0.5) is 4.39 Å². The molecule has 3 N–H and O–H groups in total. The molecule has 0 amide bonds. The second-order valence-corrected chi connectivity index (χ2v) is 5.42. The average molecular weight is 238 g/mol. The third kappa shape index (κ3) is 2.55. The molecule has 1 aliphatic carbocycles. The third-order valence-corrected chi connectivity index (χ3v) is 4.24. The molecule has 1 fully saturated rings. The number of hydrogen-bond acceptors (Lipinski definition) is 2. The van der Waals surface area contributed by atoms with E-state index in [-0.39, 0.29) is 11.7 Å². The van der Waals surface area contributed by atoms with Crippen molar-refractivity contribution in [2.24, 2.45) is 5.73 Å². The van der Waals surface area contributed by atoms with Crippen LogP contribution in [0.15, 0.2) is 23.1 Å². The molecule has 1 aromatic rings. The molecule has 4 heteroatoms. The Hall–Kier alpha value is -1.03. The summed E-state index contributed by atoms with van der Waals surface area (Å²) >= 11 is 1.73. The van der Waals surface area contributed by atoms with Crippen molar-refractivity contribution in [3.05, 3.63) is 29.6 Å². The van der Waals surface area contributed by atoms with Crippen molar-refractivity contribution in [3.8, 4) is 0 Å². The van der Waals surface area contributed by atoms with Crippen molar-refractivity contribution < 1.29 is 4.39 Å². The summed E-state index contributed by atoms with van der Waals surface area (Å²) in [5.41, 5.74) is 5.99. The molecule has 2 rings (SSSR count). The highest BCUT2D eigenvalue weighted by atomic mass is 32.2. The van der Waals surface area contributed by atoms with Crippen LogP contribution in [0.3, 0.4) is 0 Å². The third-order valence-electron chi connectivity index (χ3n) is 2.83. The second kappa shape index (κ2) is 4.87. The van der Waals surface area contributed by atoms with Crippen LogP contribution in [0.2, 0.25) is 0 Å². The number of thioether (sulfide) groups is 1. The standard InChI is InChI=1S/C12H15FN2S/c13-8-5-6-11(10(7-8)12(14)15)16-9-3-1-2-4-9/h5-7,9H,1-4H2,(H3,14,15). The molecular weight excluding hydrogens is 223 g/mol. The molecule has 16 heavy (non-hydrogen) atoms. The molecule has 0 spiro atoms. The summed E-state index contributed by atoms with van der Waals surface area (Å²) in [6.07, 6.45) is 4.96. The zero-order valence-corrected chi connectivity index (χ0v) is 9.82. The Kier molecular flexibility index (Phi) is 3.49. The van der Waals surface area contributed by atoms with Crippen LogP contribution < -0.4 is 5.73 Å². The van der Waals surface area contributed by atoms with Crippen LogP contribution in [-0.2, 0) is 0 Å². The number of hydrogen-bond donors (Lipinski definition) is 2. The van der Waals surface area contributed by atoms with E-state index in [1.54, 1.807) is 17.8 Å². The zero-order chi connectivity index (χ0) is 11.5. The Balaban J connectivity index is 2.21. The Morgan fingerprint density at radius 2 is 2.06 bits per heavy atom. The SMILES string of the molecule is N=C(N)c1cc(F)ccc1SC1CCCC1. The van der Waals surface area contributed by atoms with Crippen molar-refractivity contribution >= 4 is 17.6 Å². The van der Waals surface area contributed by atoms with Gasteiger partial charge in [0.2, 0.25) is 0 Å². The molecule has 1 aromatic carbocycles. The highest BCUT2D eigenvalue weighted by Gasteiger charge is 2.18. The molecule has 86 valence electrons. The number of benzene rings is 1. The van der Waals surface area contributed by atoms with Crippen LogP contribution in [0.25, 0.3) is 0 Å². The van der Waals surface area contributed by atoms with Gasteiger partial charge in [-0.2, -0.15) is 0 Å². The number of nitrogen functional groups attached to an aromatic ring is 1. The Morgan fingerprint density at radius 1 is 1.38 bits per heavy atom. The molecule has 0 unspecified atom stereocenters. The first-order valence-corrected chi connectivity index (χ1v) is 6.35. The fourth-order valence-electron chi connectivity index (χ4n) is 2.00. The molecule has 0 heterocycles. The summed E-state index contributed by atoms with van der Waals surface area (Å²) in [5, 5.41) is 8.05. The lowest BCUT2D eigenvalue weighted by Gasteiger charge is -2.12. The topological polar surface area (TPSA) is 49.9 Å². The highest BCUT2D eigenvalue weighted by Crippen LogP contribution is 2.36.